The zero-order chi connectivity index (χ0) is 22.0. The Morgan fingerprint density at radius 2 is 0.656 bits per heavy atom. The van der Waals surface area contributed by atoms with E-state index in [4.69, 9.17) is 0 Å². The van der Waals surface area contributed by atoms with Crippen LogP contribution in [0.5, 0.6) is 0 Å². The third-order valence-corrected chi connectivity index (χ3v) is 7.76. The normalized spacial score (nSPS) is 15.9. The average Bonchev–Trinajstić information content (AvgIpc) is 2.82. The summed E-state index contributed by atoms with van der Waals surface area (Å²) in [6, 6.07) is 18.0. The molecule has 2 heteroatoms. The predicted molar refractivity (Wildman–Crippen MR) is 139 cm³/mol. The molecule has 7 rings (SSSR count). The average molecular weight is 411 g/mol. The molecule has 0 saturated carbocycles. The van der Waals surface area contributed by atoms with Crippen molar-refractivity contribution >= 4 is 65.9 Å². The summed E-state index contributed by atoms with van der Waals surface area (Å²) in [4.78, 5) is 4.18. The van der Waals surface area contributed by atoms with Gasteiger partial charge in [-0.25, -0.2) is 0 Å². The Kier molecular flexibility index (Phi) is 2.98. The fourth-order valence-corrected chi connectivity index (χ4v) is 5.90. The van der Waals surface area contributed by atoms with Gasteiger partial charge in [0.15, 0.2) is 0 Å². The van der Waals surface area contributed by atoms with Crippen LogP contribution >= 0.6 is 0 Å². The summed E-state index contributed by atoms with van der Waals surface area (Å²) in [6.07, 6.45) is 0. The third kappa shape index (κ3) is 1.76. The van der Waals surface area contributed by atoms with Gasteiger partial charge >= 0.3 is 0 Å². The summed E-state index contributed by atoms with van der Waals surface area (Å²) < 4.78 is 0. The Balaban J connectivity index is 1.77. The molecular weight excluding hydrogens is 388 g/mol. The molecule has 0 bridgehead atoms. The van der Waals surface area contributed by atoms with Crippen LogP contribution in [0, 0.1) is 0 Å². The monoisotopic (exact) mass is 410 g/mol. The Morgan fingerprint density at radius 3 is 0.906 bits per heavy atom. The lowest BCUT2D eigenvalue weighted by molar-refractivity contribution is 0.685. The largest absolute Gasteiger partial charge is 0.345 e. The maximum atomic E-state index is 4.36. The van der Waals surface area contributed by atoms with Crippen LogP contribution in [0.1, 0.15) is 22.3 Å². The van der Waals surface area contributed by atoms with Gasteiger partial charge in [-0.3, -0.25) is 0 Å². The molecule has 2 nitrogen and oxygen atoms in total. The molecule has 5 aromatic carbocycles. The summed E-state index contributed by atoms with van der Waals surface area (Å²) >= 11 is 0. The van der Waals surface area contributed by atoms with Crippen molar-refractivity contribution in [3.05, 3.63) is 97.1 Å². The Hall–Kier alpha value is -4.04. The minimum absolute atomic E-state index is 0.998. The second kappa shape index (κ2) is 5.41. The molecular formula is C30H22N2. The summed E-state index contributed by atoms with van der Waals surface area (Å²) in [7, 11) is 4.09. The van der Waals surface area contributed by atoms with Crippen LogP contribution in [-0.2, 0) is 0 Å². The van der Waals surface area contributed by atoms with Gasteiger partial charge in [-0.2, -0.15) is 0 Å². The van der Waals surface area contributed by atoms with Crippen molar-refractivity contribution in [1.29, 1.82) is 0 Å². The van der Waals surface area contributed by atoms with Gasteiger partial charge in [0.25, 0.3) is 0 Å². The molecule has 0 saturated heterocycles. The lowest BCUT2D eigenvalue weighted by atomic mass is 9.81. The van der Waals surface area contributed by atoms with Crippen molar-refractivity contribution < 1.29 is 0 Å². The van der Waals surface area contributed by atoms with Gasteiger partial charge in [0.1, 0.15) is 0 Å². The van der Waals surface area contributed by atoms with Gasteiger partial charge in [0.05, 0.1) is 0 Å². The highest BCUT2D eigenvalue weighted by Crippen LogP contribution is 2.50. The molecule has 0 unspecified atom stereocenters. The van der Waals surface area contributed by atoms with Crippen LogP contribution < -0.4 is 0 Å². The number of hydrogen-bond donors (Lipinski definition) is 0. The van der Waals surface area contributed by atoms with E-state index in [1.165, 1.54) is 65.3 Å². The van der Waals surface area contributed by atoms with Crippen molar-refractivity contribution in [3.8, 4) is 0 Å². The number of fused-ring (bicyclic) bond motifs is 2. The first-order chi connectivity index (χ1) is 15.4. The topological polar surface area (TPSA) is 6.48 Å². The first-order valence-corrected chi connectivity index (χ1v) is 10.8. The van der Waals surface area contributed by atoms with E-state index in [1.54, 1.807) is 0 Å². The quantitative estimate of drug-likeness (QED) is 0.192. The Morgan fingerprint density at radius 1 is 0.406 bits per heavy atom. The first kappa shape index (κ1) is 17.6. The molecule has 0 spiro atoms. The minimum Gasteiger partial charge on any atom is -0.345 e. The van der Waals surface area contributed by atoms with Crippen LogP contribution in [-0.4, -0.2) is 23.9 Å². The molecule has 2 aliphatic rings. The molecule has 0 aliphatic carbocycles. The summed E-state index contributed by atoms with van der Waals surface area (Å²) in [5.41, 5.74) is 8.74. The van der Waals surface area contributed by atoms with E-state index in [0.29, 0.717) is 0 Å². The van der Waals surface area contributed by atoms with Crippen molar-refractivity contribution in [2.24, 2.45) is 0 Å². The molecule has 32 heavy (non-hydrogen) atoms. The summed E-state index contributed by atoms with van der Waals surface area (Å²) in [6.45, 7) is 17.4. The van der Waals surface area contributed by atoms with Crippen LogP contribution in [0.2, 0.25) is 0 Å². The Bertz CT molecular complexity index is 1510. The van der Waals surface area contributed by atoms with Crippen LogP contribution in [0.3, 0.4) is 0 Å². The van der Waals surface area contributed by atoms with E-state index in [1.807, 2.05) is 14.1 Å². The zero-order valence-corrected chi connectivity index (χ0v) is 18.3. The smallest absolute Gasteiger partial charge is 0.0415 e. The van der Waals surface area contributed by atoms with E-state index >= 15 is 0 Å². The van der Waals surface area contributed by atoms with E-state index < -0.39 is 0 Å². The third-order valence-electron chi connectivity index (χ3n) is 7.76. The van der Waals surface area contributed by atoms with E-state index in [2.05, 4.69) is 84.6 Å². The van der Waals surface area contributed by atoms with Gasteiger partial charge in [0, 0.05) is 69.9 Å². The van der Waals surface area contributed by atoms with Crippen LogP contribution in [0.4, 0.5) is 0 Å². The number of rotatable bonds is 0. The fraction of sp³-hybridized carbons (Fsp3) is 0.0667. The van der Waals surface area contributed by atoms with E-state index in [9.17, 15) is 0 Å². The zero-order valence-electron chi connectivity index (χ0n) is 18.3. The summed E-state index contributed by atoms with van der Waals surface area (Å²) in [5, 5.41) is 10.2. The number of hydrogen-bond acceptors (Lipinski definition) is 2. The molecule has 152 valence electrons. The SMILES string of the molecule is C=C1c2ccc3c4ccc5c6c(ccc(c7ccc(c2c37)C(=C)N1C)c64)C(=C)N(C)C5=C. The molecule has 5 aromatic rings. The van der Waals surface area contributed by atoms with Crippen molar-refractivity contribution in [3.63, 3.8) is 0 Å². The highest BCUT2D eigenvalue weighted by atomic mass is 15.1. The van der Waals surface area contributed by atoms with Crippen molar-refractivity contribution in [2.75, 3.05) is 14.1 Å². The lowest BCUT2D eigenvalue weighted by Gasteiger charge is -2.34. The lowest BCUT2D eigenvalue weighted by Crippen LogP contribution is -2.19. The first-order valence-electron chi connectivity index (χ1n) is 10.8. The van der Waals surface area contributed by atoms with Crippen molar-refractivity contribution in [1.82, 2.24) is 9.80 Å². The van der Waals surface area contributed by atoms with Gasteiger partial charge in [-0.15, -0.1) is 0 Å². The molecule has 0 aromatic heterocycles. The molecule has 2 aliphatic heterocycles. The molecule has 0 amide bonds. The molecule has 2 heterocycles. The number of nitrogens with zero attached hydrogens (tertiary/aromatic N) is 2. The van der Waals surface area contributed by atoms with Gasteiger partial charge < -0.3 is 9.80 Å². The second-order valence-electron chi connectivity index (χ2n) is 9.05. The maximum absolute atomic E-state index is 4.36. The molecule has 0 radical (unpaired) electrons. The highest BCUT2D eigenvalue weighted by Gasteiger charge is 2.28. The predicted octanol–water partition coefficient (Wildman–Crippen LogP) is 7.51. The van der Waals surface area contributed by atoms with Crippen molar-refractivity contribution in [2.45, 2.75) is 0 Å². The van der Waals surface area contributed by atoms with Gasteiger partial charge in [-0.05, 0) is 32.3 Å². The Labute approximate surface area is 187 Å². The van der Waals surface area contributed by atoms with Gasteiger partial charge in [0.2, 0.25) is 0 Å². The molecule has 0 fully saturated rings. The van der Waals surface area contributed by atoms with Gasteiger partial charge in [-0.1, -0.05) is 74.8 Å². The van der Waals surface area contributed by atoms with Crippen LogP contribution in [0.15, 0.2) is 74.8 Å². The summed E-state index contributed by atoms with van der Waals surface area (Å²) in [5.74, 6) is 0. The highest BCUT2D eigenvalue weighted by molar-refractivity contribution is 6.36. The fourth-order valence-electron chi connectivity index (χ4n) is 5.90. The minimum atomic E-state index is 0.998. The maximum Gasteiger partial charge on any atom is 0.0415 e. The second-order valence-corrected chi connectivity index (χ2v) is 9.05. The number of benzene rings is 5. The van der Waals surface area contributed by atoms with E-state index in [-0.39, 0.29) is 0 Å². The van der Waals surface area contributed by atoms with E-state index in [0.717, 1.165) is 22.8 Å². The standard InChI is InChI=1S/C30H22N2/c1-15-19-7-11-23-25-13-9-21-17(3)32(6)18(4)22-10-14-26(30(25)28(21)22)24-12-8-20(16(2)31(15)5)27(19)29(23)24/h7-14H,1-4H2,5-6H3. The molecule has 0 atom stereocenters. The molecule has 0 N–H and O–H groups in total. The van der Waals surface area contributed by atoms with Crippen LogP contribution in [0.25, 0.3) is 65.9 Å².